The highest BCUT2D eigenvalue weighted by Gasteiger charge is 2.38. The van der Waals surface area contributed by atoms with Crippen molar-refractivity contribution >= 4 is 40.5 Å². The van der Waals surface area contributed by atoms with Crippen LogP contribution in [0, 0.1) is 10.1 Å². The number of nitrogens with one attached hydrogen (secondary N) is 1. The molecule has 1 aliphatic rings. The van der Waals surface area contributed by atoms with Crippen LogP contribution in [0.3, 0.4) is 0 Å². The van der Waals surface area contributed by atoms with E-state index in [1.807, 2.05) is 23.6 Å². The molecule has 0 saturated carbocycles. The highest BCUT2D eigenvalue weighted by atomic mass is 35.5. The van der Waals surface area contributed by atoms with Crippen LogP contribution in [0.5, 0.6) is 0 Å². The van der Waals surface area contributed by atoms with Crippen molar-refractivity contribution in [3.05, 3.63) is 63.2 Å². The number of amides is 1. The summed E-state index contributed by atoms with van der Waals surface area (Å²) in [5.41, 5.74) is -0.214. The van der Waals surface area contributed by atoms with Crippen molar-refractivity contribution in [3.63, 3.8) is 0 Å². The lowest BCUT2D eigenvalue weighted by molar-refractivity contribution is -0.384. The molecule has 0 aliphatic carbocycles. The molecule has 0 spiro atoms. The minimum atomic E-state index is -0.797. The Morgan fingerprint density at radius 3 is 2.33 bits per heavy atom. The fourth-order valence-corrected chi connectivity index (χ4v) is 3.96. The summed E-state index contributed by atoms with van der Waals surface area (Å²) in [6.45, 7) is 7.66. The summed E-state index contributed by atoms with van der Waals surface area (Å²) >= 11 is 5.87. The standard InChI is InChI=1S/C23H27ClN4O5/c1-4-33-22(30)23(2,3)27-14-12-26(13-15-27)19-7-5-6-18(20(19)28(31)32)21(29)25-17-10-8-16(24)9-11-17/h5-11H,4,12-15H2,1-3H3,(H,25,29). The molecule has 1 heterocycles. The molecule has 1 fully saturated rings. The van der Waals surface area contributed by atoms with Gasteiger partial charge >= 0.3 is 11.7 Å². The number of benzene rings is 2. The van der Waals surface area contributed by atoms with E-state index < -0.39 is 16.4 Å². The van der Waals surface area contributed by atoms with Crippen molar-refractivity contribution in [1.29, 1.82) is 0 Å². The second-order valence-corrected chi connectivity index (χ2v) is 8.58. The minimum absolute atomic E-state index is 0.0262. The molecule has 2 aromatic carbocycles. The van der Waals surface area contributed by atoms with Crippen LogP contribution in [0.1, 0.15) is 31.1 Å². The average Bonchev–Trinajstić information content (AvgIpc) is 2.80. The molecule has 0 atom stereocenters. The third-order valence-electron chi connectivity index (χ3n) is 5.73. The average molecular weight is 475 g/mol. The summed E-state index contributed by atoms with van der Waals surface area (Å²) in [4.78, 5) is 40.5. The van der Waals surface area contributed by atoms with Crippen LogP contribution in [-0.4, -0.2) is 60.0 Å². The Bertz CT molecular complexity index is 1030. The minimum Gasteiger partial charge on any atom is -0.465 e. The van der Waals surface area contributed by atoms with E-state index in [9.17, 15) is 19.7 Å². The Morgan fingerprint density at radius 2 is 1.76 bits per heavy atom. The first-order valence-electron chi connectivity index (χ1n) is 10.7. The van der Waals surface area contributed by atoms with Gasteiger partial charge in [0, 0.05) is 36.9 Å². The molecule has 9 nitrogen and oxygen atoms in total. The van der Waals surface area contributed by atoms with Crippen molar-refractivity contribution in [2.75, 3.05) is 43.0 Å². The van der Waals surface area contributed by atoms with Gasteiger partial charge in [0.1, 0.15) is 16.8 Å². The Hall–Kier alpha value is -3.17. The number of nitrogens with zero attached hydrogens (tertiary/aromatic N) is 3. The molecule has 1 saturated heterocycles. The van der Waals surface area contributed by atoms with Crippen LogP contribution in [0.4, 0.5) is 17.1 Å². The van der Waals surface area contributed by atoms with Gasteiger partial charge < -0.3 is 15.0 Å². The topological polar surface area (TPSA) is 105 Å². The number of esters is 1. The number of hydrogen-bond acceptors (Lipinski definition) is 7. The van der Waals surface area contributed by atoms with E-state index in [1.54, 1.807) is 43.3 Å². The maximum Gasteiger partial charge on any atom is 0.325 e. The summed E-state index contributed by atoms with van der Waals surface area (Å²) < 4.78 is 5.18. The highest BCUT2D eigenvalue weighted by molar-refractivity contribution is 6.30. The summed E-state index contributed by atoms with van der Waals surface area (Å²) in [6.07, 6.45) is 0. The maximum atomic E-state index is 12.9. The number of nitro groups is 1. The van der Waals surface area contributed by atoms with Crippen LogP contribution in [0.25, 0.3) is 0 Å². The fraction of sp³-hybridized carbons (Fsp3) is 0.391. The molecule has 176 valence electrons. The predicted molar refractivity (Wildman–Crippen MR) is 127 cm³/mol. The van der Waals surface area contributed by atoms with E-state index in [-0.39, 0.29) is 17.2 Å². The zero-order chi connectivity index (χ0) is 24.2. The summed E-state index contributed by atoms with van der Waals surface area (Å²) in [7, 11) is 0. The Labute approximate surface area is 197 Å². The molecule has 1 aliphatic heterocycles. The number of halogens is 1. The van der Waals surface area contributed by atoms with Gasteiger partial charge in [-0.3, -0.25) is 24.6 Å². The van der Waals surface area contributed by atoms with Crippen LogP contribution in [0.2, 0.25) is 5.02 Å². The van der Waals surface area contributed by atoms with Gasteiger partial charge in [0.2, 0.25) is 0 Å². The van der Waals surface area contributed by atoms with E-state index in [0.29, 0.717) is 49.2 Å². The molecule has 2 aromatic rings. The Morgan fingerprint density at radius 1 is 1.12 bits per heavy atom. The zero-order valence-corrected chi connectivity index (χ0v) is 19.6. The lowest BCUT2D eigenvalue weighted by Gasteiger charge is -2.42. The number of piperazine rings is 1. The van der Waals surface area contributed by atoms with Crippen molar-refractivity contribution in [2.45, 2.75) is 26.3 Å². The van der Waals surface area contributed by atoms with Gasteiger partial charge in [0.15, 0.2) is 0 Å². The van der Waals surface area contributed by atoms with Crippen LogP contribution in [-0.2, 0) is 9.53 Å². The zero-order valence-electron chi connectivity index (χ0n) is 18.8. The van der Waals surface area contributed by atoms with Crippen LogP contribution in [0.15, 0.2) is 42.5 Å². The first-order chi connectivity index (χ1) is 15.6. The predicted octanol–water partition coefficient (Wildman–Crippen LogP) is 3.96. The van der Waals surface area contributed by atoms with Crippen molar-refractivity contribution < 1.29 is 19.2 Å². The number of carbonyl (C=O) groups excluding carboxylic acids is 2. The van der Waals surface area contributed by atoms with Gasteiger partial charge in [-0.25, -0.2) is 0 Å². The quantitative estimate of drug-likeness (QED) is 0.367. The van der Waals surface area contributed by atoms with Crippen molar-refractivity contribution in [1.82, 2.24) is 4.90 Å². The number of rotatable bonds is 7. The van der Waals surface area contributed by atoms with E-state index >= 15 is 0 Å². The molecule has 10 heteroatoms. The molecule has 1 N–H and O–H groups in total. The Kier molecular flexibility index (Phi) is 7.55. The monoisotopic (exact) mass is 474 g/mol. The first kappa shape index (κ1) is 24.5. The highest BCUT2D eigenvalue weighted by Crippen LogP contribution is 2.34. The number of ether oxygens (including phenoxy) is 1. The second-order valence-electron chi connectivity index (χ2n) is 8.15. The molecule has 3 rings (SSSR count). The molecule has 0 radical (unpaired) electrons. The normalized spacial score (nSPS) is 14.6. The molecule has 0 aromatic heterocycles. The lowest BCUT2D eigenvalue weighted by Crippen LogP contribution is -2.58. The van der Waals surface area contributed by atoms with Gasteiger partial charge in [0.25, 0.3) is 5.91 Å². The fourth-order valence-electron chi connectivity index (χ4n) is 3.84. The lowest BCUT2D eigenvalue weighted by atomic mass is 10.0. The number of anilines is 2. The number of carbonyl (C=O) groups is 2. The van der Waals surface area contributed by atoms with E-state index in [0.717, 1.165) is 0 Å². The first-order valence-corrected chi connectivity index (χ1v) is 11.0. The Balaban J connectivity index is 1.80. The third kappa shape index (κ3) is 5.43. The molecular formula is C23H27ClN4O5. The molecule has 1 amide bonds. The van der Waals surface area contributed by atoms with Crippen molar-refractivity contribution in [3.8, 4) is 0 Å². The summed E-state index contributed by atoms with van der Waals surface area (Å²) in [6, 6.07) is 11.2. The number of nitro benzene ring substituents is 1. The SMILES string of the molecule is CCOC(=O)C(C)(C)N1CCN(c2cccc(C(=O)Nc3ccc(Cl)cc3)c2[N+](=O)[O-])CC1. The van der Waals surface area contributed by atoms with E-state index in [2.05, 4.69) is 5.32 Å². The smallest absolute Gasteiger partial charge is 0.325 e. The van der Waals surface area contributed by atoms with Gasteiger partial charge in [0.05, 0.1) is 11.5 Å². The maximum absolute atomic E-state index is 12.9. The molecule has 0 unspecified atom stereocenters. The third-order valence-corrected chi connectivity index (χ3v) is 5.98. The molecule has 33 heavy (non-hydrogen) atoms. The van der Waals surface area contributed by atoms with E-state index in [4.69, 9.17) is 16.3 Å². The van der Waals surface area contributed by atoms with Gasteiger partial charge in [-0.1, -0.05) is 17.7 Å². The number of hydrogen-bond donors (Lipinski definition) is 1. The molecule has 0 bridgehead atoms. The van der Waals surface area contributed by atoms with Gasteiger partial charge in [-0.15, -0.1) is 0 Å². The second kappa shape index (κ2) is 10.2. The van der Waals surface area contributed by atoms with Crippen LogP contribution < -0.4 is 10.2 Å². The molecular weight excluding hydrogens is 448 g/mol. The number of para-hydroxylation sites is 1. The largest absolute Gasteiger partial charge is 0.465 e. The van der Waals surface area contributed by atoms with Crippen molar-refractivity contribution in [2.24, 2.45) is 0 Å². The van der Waals surface area contributed by atoms with Gasteiger partial charge in [-0.2, -0.15) is 0 Å². The van der Waals surface area contributed by atoms with Gasteiger partial charge in [-0.05, 0) is 57.2 Å². The summed E-state index contributed by atoms with van der Waals surface area (Å²) in [5.74, 6) is -0.877. The summed E-state index contributed by atoms with van der Waals surface area (Å²) in [5, 5.41) is 15.2. The van der Waals surface area contributed by atoms with Crippen LogP contribution >= 0.6 is 11.6 Å². The van der Waals surface area contributed by atoms with E-state index in [1.165, 1.54) is 6.07 Å².